The molecule has 0 saturated carbocycles. The lowest BCUT2D eigenvalue weighted by atomic mass is 9.80. The van der Waals surface area contributed by atoms with E-state index in [1.165, 1.54) is 11.1 Å². The van der Waals surface area contributed by atoms with Gasteiger partial charge in [0.25, 0.3) is 0 Å². The molecule has 0 aliphatic rings. The number of hydrogen-bond acceptors (Lipinski definition) is 0. The van der Waals surface area contributed by atoms with Gasteiger partial charge in [-0.15, -0.1) is 6.58 Å². The van der Waals surface area contributed by atoms with Gasteiger partial charge in [-0.25, -0.2) is 0 Å². The second-order valence-corrected chi connectivity index (χ2v) is 4.58. The zero-order chi connectivity index (χ0) is 9.78. The van der Waals surface area contributed by atoms with E-state index in [1.54, 1.807) is 0 Å². The van der Waals surface area contributed by atoms with Crippen molar-refractivity contribution < 1.29 is 0 Å². The number of rotatable bonds is 5. The molecule has 0 saturated heterocycles. The van der Waals surface area contributed by atoms with Gasteiger partial charge in [-0.1, -0.05) is 83.1 Å². The van der Waals surface area contributed by atoms with Crippen LogP contribution in [0.4, 0.5) is 0 Å². The smallest absolute Gasteiger partial charge is 0.0268 e. The maximum absolute atomic E-state index is 4.04. The summed E-state index contributed by atoms with van der Waals surface area (Å²) in [4.78, 5) is 0. The van der Waals surface area contributed by atoms with E-state index in [-0.39, 0.29) is 44.6 Å². The van der Waals surface area contributed by atoms with Gasteiger partial charge in [-0.3, -0.25) is 0 Å². The highest BCUT2D eigenvalue weighted by atomic mass is 14.2. The van der Waals surface area contributed by atoms with Crippen LogP contribution >= 0.6 is 0 Å². The van der Waals surface area contributed by atoms with Crippen molar-refractivity contribution in [3.63, 3.8) is 0 Å². The van der Waals surface area contributed by atoms with Crippen molar-refractivity contribution in [2.75, 3.05) is 0 Å². The summed E-state index contributed by atoms with van der Waals surface area (Å²) < 4.78 is 0. The summed E-state index contributed by atoms with van der Waals surface area (Å²) in [7, 11) is 0. The Balaban J connectivity index is -0.0000000403. The van der Waals surface area contributed by atoms with Crippen molar-refractivity contribution in [3.8, 4) is 0 Å². The third kappa shape index (κ3) is 24.6. The Morgan fingerprint density at radius 1 is 0.833 bits per heavy atom. The Morgan fingerprint density at radius 3 is 1.39 bits per heavy atom. The SMILES string of the molecule is C.C.C.C.C.C.C=C(C)CC(C)(C)CC(=C)CC. The summed E-state index contributed by atoms with van der Waals surface area (Å²) in [5, 5.41) is 0. The molecule has 0 fully saturated rings. The Hall–Kier alpha value is -0.520. The van der Waals surface area contributed by atoms with E-state index in [0.717, 1.165) is 19.3 Å². The van der Waals surface area contributed by atoms with Gasteiger partial charge in [0.15, 0.2) is 0 Å². The summed E-state index contributed by atoms with van der Waals surface area (Å²) in [6, 6.07) is 0. The second-order valence-electron chi connectivity index (χ2n) is 4.58. The zero-order valence-corrected chi connectivity index (χ0v) is 9.04. The molecule has 0 atom stereocenters. The van der Waals surface area contributed by atoms with Gasteiger partial charge in [-0.2, -0.15) is 0 Å². The van der Waals surface area contributed by atoms with Crippen molar-refractivity contribution in [2.24, 2.45) is 5.41 Å². The topological polar surface area (TPSA) is 0 Å². The molecule has 0 radical (unpaired) electrons. The summed E-state index contributed by atoms with van der Waals surface area (Å²) in [5.74, 6) is 0. The van der Waals surface area contributed by atoms with Crippen LogP contribution in [0.15, 0.2) is 24.3 Å². The quantitative estimate of drug-likeness (QED) is 0.438. The predicted octanol–water partition coefficient (Wildman–Crippen LogP) is 8.15. The first-order valence-corrected chi connectivity index (χ1v) is 4.68. The molecule has 0 bridgehead atoms. The Labute approximate surface area is 122 Å². The molecule has 0 spiro atoms. The van der Waals surface area contributed by atoms with Crippen LogP contribution in [0, 0.1) is 5.41 Å². The lowest BCUT2D eigenvalue weighted by Crippen LogP contribution is -2.12. The molecule has 0 rings (SSSR count). The second kappa shape index (κ2) is 18.8. The molecule has 0 nitrogen and oxygen atoms in total. The molecule has 0 N–H and O–H groups in total. The van der Waals surface area contributed by atoms with Crippen molar-refractivity contribution in [1.29, 1.82) is 0 Å². The van der Waals surface area contributed by atoms with Crippen LogP contribution in [-0.2, 0) is 0 Å². The summed E-state index contributed by atoms with van der Waals surface area (Å²) >= 11 is 0. The zero-order valence-electron chi connectivity index (χ0n) is 9.04. The van der Waals surface area contributed by atoms with Crippen LogP contribution < -0.4 is 0 Å². The van der Waals surface area contributed by atoms with E-state index in [4.69, 9.17) is 0 Å². The third-order valence-corrected chi connectivity index (χ3v) is 2.01. The molecular formula is C18H46. The highest BCUT2D eigenvalue weighted by molar-refractivity contribution is 5.02. The van der Waals surface area contributed by atoms with Crippen LogP contribution in [0.3, 0.4) is 0 Å². The van der Waals surface area contributed by atoms with Crippen molar-refractivity contribution in [2.45, 2.75) is 91.5 Å². The van der Waals surface area contributed by atoms with Crippen LogP contribution in [0.1, 0.15) is 91.5 Å². The Morgan fingerprint density at radius 2 is 1.17 bits per heavy atom. The molecule has 0 heterocycles. The molecule has 0 aromatic heterocycles. The fourth-order valence-corrected chi connectivity index (χ4v) is 1.68. The third-order valence-electron chi connectivity index (χ3n) is 2.01. The minimum absolute atomic E-state index is 0. The van der Waals surface area contributed by atoms with Gasteiger partial charge in [0.1, 0.15) is 0 Å². The first-order valence-electron chi connectivity index (χ1n) is 4.68. The van der Waals surface area contributed by atoms with E-state index in [9.17, 15) is 0 Å². The lowest BCUT2D eigenvalue weighted by molar-refractivity contribution is 0.356. The molecule has 0 heteroatoms. The molecule has 18 heavy (non-hydrogen) atoms. The molecule has 0 amide bonds. The van der Waals surface area contributed by atoms with Crippen LogP contribution in [-0.4, -0.2) is 0 Å². The van der Waals surface area contributed by atoms with E-state index in [1.807, 2.05) is 0 Å². The molecule has 0 aliphatic carbocycles. The van der Waals surface area contributed by atoms with E-state index in [2.05, 4.69) is 40.9 Å². The van der Waals surface area contributed by atoms with Gasteiger partial charge in [0, 0.05) is 0 Å². The van der Waals surface area contributed by atoms with Crippen molar-refractivity contribution >= 4 is 0 Å². The lowest BCUT2D eigenvalue weighted by Gasteiger charge is -2.25. The monoisotopic (exact) mass is 262 g/mol. The number of hydrogen-bond donors (Lipinski definition) is 0. The maximum Gasteiger partial charge on any atom is -0.0268 e. The van der Waals surface area contributed by atoms with Crippen molar-refractivity contribution in [1.82, 2.24) is 0 Å². The van der Waals surface area contributed by atoms with E-state index in [0.29, 0.717) is 5.41 Å². The van der Waals surface area contributed by atoms with E-state index >= 15 is 0 Å². The number of allylic oxidation sites excluding steroid dienone is 2. The molecule has 0 aliphatic heterocycles. The van der Waals surface area contributed by atoms with Gasteiger partial charge in [0.2, 0.25) is 0 Å². The molecular weight excluding hydrogens is 216 g/mol. The minimum Gasteiger partial charge on any atom is -0.100 e. The predicted molar refractivity (Wildman–Crippen MR) is 97.6 cm³/mol. The van der Waals surface area contributed by atoms with Crippen LogP contribution in [0.25, 0.3) is 0 Å². The average Bonchev–Trinajstić information content (AvgIpc) is 1.83. The minimum atomic E-state index is 0. The standard InChI is InChI=1S/C12H22.6CH4/c1-7-11(4)9-12(5,6)8-10(2)3;;;;;;/h2,4,7-9H2,1,3,5-6H3;6*1H4. The molecule has 118 valence electrons. The van der Waals surface area contributed by atoms with Crippen LogP contribution in [0.5, 0.6) is 0 Å². The Bertz CT molecular complexity index is 172. The van der Waals surface area contributed by atoms with Crippen LogP contribution in [0.2, 0.25) is 0 Å². The van der Waals surface area contributed by atoms with E-state index < -0.39 is 0 Å². The Kier molecular flexibility index (Phi) is 45.2. The first kappa shape index (κ1) is 43.2. The highest BCUT2D eigenvalue weighted by Gasteiger charge is 2.18. The molecule has 0 aromatic carbocycles. The highest BCUT2D eigenvalue weighted by Crippen LogP contribution is 2.31. The van der Waals surface area contributed by atoms with Gasteiger partial charge < -0.3 is 0 Å². The van der Waals surface area contributed by atoms with Gasteiger partial charge in [-0.05, 0) is 31.6 Å². The van der Waals surface area contributed by atoms with Crippen molar-refractivity contribution in [3.05, 3.63) is 24.3 Å². The van der Waals surface area contributed by atoms with Gasteiger partial charge in [0.05, 0.1) is 0 Å². The normalized spacial score (nSPS) is 7.56. The fourth-order valence-electron chi connectivity index (χ4n) is 1.68. The summed E-state index contributed by atoms with van der Waals surface area (Å²) in [6.45, 7) is 16.8. The van der Waals surface area contributed by atoms with Gasteiger partial charge >= 0.3 is 0 Å². The maximum atomic E-state index is 4.04. The molecule has 0 unspecified atom stereocenters. The molecule has 0 aromatic rings. The first-order chi connectivity index (χ1) is 5.37. The summed E-state index contributed by atoms with van der Waals surface area (Å²) in [5.41, 5.74) is 2.96. The largest absolute Gasteiger partial charge is 0.100 e. The summed E-state index contributed by atoms with van der Waals surface area (Å²) in [6.07, 6.45) is 3.32. The average molecular weight is 263 g/mol. The fraction of sp³-hybridized carbons (Fsp3) is 0.778.